The van der Waals surface area contributed by atoms with E-state index in [2.05, 4.69) is 5.32 Å². The Bertz CT molecular complexity index is 601. The zero-order valence-corrected chi connectivity index (χ0v) is 13.8. The van der Waals surface area contributed by atoms with Crippen molar-refractivity contribution in [2.75, 3.05) is 13.1 Å². The normalized spacial score (nSPS) is 34.1. The molecule has 2 bridgehead atoms. The Kier molecular flexibility index (Phi) is 3.89. The van der Waals surface area contributed by atoms with Crippen LogP contribution >= 0.6 is 11.3 Å². The van der Waals surface area contributed by atoms with Gasteiger partial charge in [-0.05, 0) is 48.5 Å². The molecule has 3 aliphatic rings. The first kappa shape index (κ1) is 15.1. The van der Waals surface area contributed by atoms with E-state index in [-0.39, 0.29) is 24.0 Å². The van der Waals surface area contributed by atoms with Crippen LogP contribution in [0.2, 0.25) is 0 Å². The summed E-state index contributed by atoms with van der Waals surface area (Å²) in [6, 6.07) is 1.86. The number of likely N-dealkylation sites (tertiary alicyclic amines) is 1. The van der Waals surface area contributed by atoms with Crippen LogP contribution in [0.25, 0.3) is 0 Å². The maximum atomic E-state index is 12.5. The highest BCUT2D eigenvalue weighted by atomic mass is 32.1. The summed E-state index contributed by atoms with van der Waals surface area (Å²) >= 11 is 1.50. The first-order valence-corrected chi connectivity index (χ1v) is 9.37. The monoisotopic (exact) mass is 334 g/mol. The minimum Gasteiger partial charge on any atom is -0.391 e. The first-order chi connectivity index (χ1) is 11.1. The smallest absolute Gasteiger partial charge is 0.252 e. The molecule has 2 aliphatic carbocycles. The number of hydrogen-bond donors (Lipinski definition) is 2. The molecule has 2 N–H and O–H groups in total. The summed E-state index contributed by atoms with van der Waals surface area (Å²) in [6.45, 7) is 1.33. The van der Waals surface area contributed by atoms with Crippen molar-refractivity contribution in [2.45, 2.75) is 37.8 Å². The molecule has 5 atom stereocenters. The molecule has 6 heteroatoms. The van der Waals surface area contributed by atoms with Crippen molar-refractivity contribution in [2.24, 2.45) is 17.8 Å². The maximum absolute atomic E-state index is 12.5. The zero-order chi connectivity index (χ0) is 16.0. The average Bonchev–Trinajstić information content (AvgIpc) is 3.26. The van der Waals surface area contributed by atoms with Crippen LogP contribution in [0, 0.1) is 17.8 Å². The molecule has 1 aliphatic heterocycles. The molecule has 2 saturated carbocycles. The van der Waals surface area contributed by atoms with Gasteiger partial charge in [-0.3, -0.25) is 9.59 Å². The predicted octanol–water partition coefficient (Wildman–Crippen LogP) is 1.49. The van der Waals surface area contributed by atoms with Gasteiger partial charge in [-0.1, -0.05) is 0 Å². The van der Waals surface area contributed by atoms with E-state index in [0.717, 1.165) is 19.4 Å². The topological polar surface area (TPSA) is 69.6 Å². The van der Waals surface area contributed by atoms with Gasteiger partial charge in [-0.2, -0.15) is 11.3 Å². The fourth-order valence-corrected chi connectivity index (χ4v) is 5.42. The number of thiophene rings is 1. The molecular formula is C17H22N2O3S. The summed E-state index contributed by atoms with van der Waals surface area (Å²) in [5.41, 5.74) is 0.678. The molecule has 1 aromatic rings. The minimum absolute atomic E-state index is 0.0617. The molecule has 0 spiro atoms. The van der Waals surface area contributed by atoms with Crippen LogP contribution in [0.3, 0.4) is 0 Å². The Morgan fingerprint density at radius 2 is 2.22 bits per heavy atom. The molecule has 124 valence electrons. The van der Waals surface area contributed by atoms with E-state index in [1.165, 1.54) is 11.3 Å². The van der Waals surface area contributed by atoms with E-state index < -0.39 is 0 Å². The van der Waals surface area contributed by atoms with Crippen LogP contribution in [0.15, 0.2) is 16.8 Å². The third kappa shape index (κ3) is 2.58. The number of carbonyl (C=O) groups excluding carboxylic acids is 2. The molecule has 5 nitrogen and oxygen atoms in total. The standard InChI is InChI=1S/C17H22N2O3S/c20-14(2-1-4-18-17(22)10-3-5-23-9-10)19-8-12-6-11-7-13(12)15(19)16(11)21/h3,5,9,11-13,15-16,21H,1-2,4,6-8H2,(H,18,22)/t11-,12-,13+,15-,16-/m0/s1. The summed E-state index contributed by atoms with van der Waals surface area (Å²) in [7, 11) is 0. The second-order valence-electron chi connectivity index (χ2n) is 7.05. The number of aliphatic hydroxyl groups excluding tert-OH is 1. The molecule has 1 saturated heterocycles. The zero-order valence-electron chi connectivity index (χ0n) is 13.0. The quantitative estimate of drug-likeness (QED) is 0.802. The lowest BCUT2D eigenvalue weighted by molar-refractivity contribution is -0.134. The van der Waals surface area contributed by atoms with Crippen LogP contribution in [0.5, 0.6) is 0 Å². The van der Waals surface area contributed by atoms with Gasteiger partial charge in [0.05, 0.1) is 12.1 Å². The van der Waals surface area contributed by atoms with Crippen LogP contribution < -0.4 is 5.32 Å². The molecule has 23 heavy (non-hydrogen) atoms. The number of amides is 2. The number of nitrogens with one attached hydrogen (secondary N) is 1. The Labute approximate surface area is 139 Å². The number of carbonyl (C=O) groups is 2. The summed E-state index contributed by atoms with van der Waals surface area (Å²) < 4.78 is 0. The van der Waals surface area contributed by atoms with Crippen molar-refractivity contribution in [3.05, 3.63) is 22.4 Å². The Morgan fingerprint density at radius 3 is 2.96 bits per heavy atom. The third-order valence-electron chi connectivity index (χ3n) is 5.81. The highest BCUT2D eigenvalue weighted by molar-refractivity contribution is 7.08. The van der Waals surface area contributed by atoms with Gasteiger partial charge in [0.2, 0.25) is 5.91 Å². The summed E-state index contributed by atoms with van der Waals surface area (Å²) in [6.07, 6.45) is 2.95. The van der Waals surface area contributed by atoms with Crippen molar-refractivity contribution in [1.82, 2.24) is 10.2 Å². The lowest BCUT2D eigenvalue weighted by Gasteiger charge is -2.29. The van der Waals surface area contributed by atoms with Crippen molar-refractivity contribution < 1.29 is 14.7 Å². The maximum Gasteiger partial charge on any atom is 0.252 e. The lowest BCUT2D eigenvalue weighted by Crippen LogP contribution is -2.43. The van der Waals surface area contributed by atoms with Crippen molar-refractivity contribution in [1.29, 1.82) is 0 Å². The second-order valence-corrected chi connectivity index (χ2v) is 7.83. The Morgan fingerprint density at radius 1 is 1.35 bits per heavy atom. The largest absolute Gasteiger partial charge is 0.391 e. The Balaban J connectivity index is 1.24. The van der Waals surface area contributed by atoms with E-state index in [0.29, 0.717) is 42.7 Å². The summed E-state index contributed by atoms with van der Waals surface area (Å²) in [5.74, 6) is 1.60. The fourth-order valence-electron chi connectivity index (χ4n) is 4.78. The van der Waals surface area contributed by atoms with Crippen LogP contribution in [0.4, 0.5) is 0 Å². The van der Waals surface area contributed by atoms with Gasteiger partial charge in [0.15, 0.2) is 0 Å². The van der Waals surface area contributed by atoms with Gasteiger partial charge in [0, 0.05) is 30.5 Å². The predicted molar refractivity (Wildman–Crippen MR) is 87.1 cm³/mol. The number of nitrogens with zero attached hydrogens (tertiary/aromatic N) is 1. The van der Waals surface area contributed by atoms with Crippen molar-refractivity contribution in [3.8, 4) is 0 Å². The van der Waals surface area contributed by atoms with Gasteiger partial charge in [-0.15, -0.1) is 0 Å². The van der Waals surface area contributed by atoms with Gasteiger partial charge >= 0.3 is 0 Å². The summed E-state index contributed by atoms with van der Waals surface area (Å²) in [5, 5.41) is 16.9. The molecule has 2 heterocycles. The third-order valence-corrected chi connectivity index (χ3v) is 6.49. The molecule has 0 aromatic carbocycles. The molecule has 2 amide bonds. The van der Waals surface area contributed by atoms with Gasteiger partial charge in [0.25, 0.3) is 5.91 Å². The highest BCUT2D eigenvalue weighted by Gasteiger charge is 2.59. The molecule has 1 aromatic heterocycles. The molecule has 0 radical (unpaired) electrons. The van der Waals surface area contributed by atoms with Crippen LogP contribution in [-0.4, -0.2) is 47.1 Å². The highest BCUT2D eigenvalue weighted by Crippen LogP contribution is 2.54. The fraction of sp³-hybridized carbons (Fsp3) is 0.647. The van der Waals surface area contributed by atoms with E-state index >= 15 is 0 Å². The molecule has 3 fully saturated rings. The number of fused-ring (bicyclic) bond motifs is 1. The summed E-state index contributed by atoms with van der Waals surface area (Å²) in [4.78, 5) is 26.2. The van der Waals surface area contributed by atoms with E-state index in [9.17, 15) is 14.7 Å². The van der Waals surface area contributed by atoms with E-state index in [4.69, 9.17) is 0 Å². The van der Waals surface area contributed by atoms with E-state index in [1.807, 2.05) is 15.7 Å². The van der Waals surface area contributed by atoms with Crippen molar-refractivity contribution in [3.63, 3.8) is 0 Å². The lowest BCUT2D eigenvalue weighted by atomic mass is 9.88. The first-order valence-electron chi connectivity index (χ1n) is 8.43. The van der Waals surface area contributed by atoms with Gasteiger partial charge in [0.1, 0.15) is 0 Å². The number of rotatable bonds is 5. The second kappa shape index (κ2) is 5.91. The minimum atomic E-state index is -0.319. The number of aliphatic hydroxyl groups is 1. The number of hydrogen-bond acceptors (Lipinski definition) is 4. The molecule has 4 rings (SSSR count). The molecular weight excluding hydrogens is 312 g/mol. The van der Waals surface area contributed by atoms with Gasteiger partial charge in [-0.25, -0.2) is 0 Å². The molecule has 0 unspecified atom stereocenters. The average molecular weight is 334 g/mol. The van der Waals surface area contributed by atoms with Crippen molar-refractivity contribution >= 4 is 23.2 Å². The SMILES string of the molecule is O=C(NCCCC(=O)N1C[C@@H]2C[C@H]3C[C@H]2[C@H]1[C@H]3O)c1ccsc1. The van der Waals surface area contributed by atoms with Crippen LogP contribution in [0.1, 0.15) is 36.0 Å². The van der Waals surface area contributed by atoms with Crippen LogP contribution in [-0.2, 0) is 4.79 Å². The van der Waals surface area contributed by atoms with Gasteiger partial charge < -0.3 is 15.3 Å². The van der Waals surface area contributed by atoms with E-state index in [1.54, 1.807) is 6.07 Å². The Hall–Kier alpha value is -1.40.